The van der Waals surface area contributed by atoms with Crippen molar-refractivity contribution in [3.05, 3.63) is 0 Å². The number of aliphatic hydroxyl groups is 1. The maximum atomic E-state index is 9.27. The molecular formula is C10H19NO2. The van der Waals surface area contributed by atoms with E-state index in [1.807, 2.05) is 0 Å². The van der Waals surface area contributed by atoms with Crippen molar-refractivity contribution >= 4 is 0 Å². The molecule has 2 N–H and O–H groups in total. The number of hydrogen-bond donors (Lipinski definition) is 2. The Morgan fingerprint density at radius 2 is 2.00 bits per heavy atom. The molecule has 0 aromatic carbocycles. The zero-order valence-electron chi connectivity index (χ0n) is 8.09. The highest BCUT2D eigenvalue weighted by Gasteiger charge is 2.37. The van der Waals surface area contributed by atoms with Crippen molar-refractivity contribution in [2.75, 3.05) is 19.8 Å². The molecule has 1 saturated heterocycles. The normalized spacial score (nSPS) is 28.4. The van der Waals surface area contributed by atoms with Gasteiger partial charge in [-0.1, -0.05) is 0 Å². The van der Waals surface area contributed by atoms with E-state index in [0.717, 1.165) is 38.9 Å². The lowest BCUT2D eigenvalue weighted by Crippen LogP contribution is -2.58. The van der Waals surface area contributed by atoms with E-state index in [9.17, 15) is 5.11 Å². The van der Waals surface area contributed by atoms with Crippen LogP contribution in [0.1, 0.15) is 32.1 Å². The van der Waals surface area contributed by atoms with Gasteiger partial charge in [-0.2, -0.15) is 0 Å². The molecule has 0 atom stereocenters. The quantitative estimate of drug-likeness (QED) is 0.679. The minimum Gasteiger partial charge on any atom is -0.394 e. The first-order valence-electron chi connectivity index (χ1n) is 5.31. The van der Waals surface area contributed by atoms with E-state index in [1.54, 1.807) is 0 Å². The van der Waals surface area contributed by atoms with Crippen molar-refractivity contribution in [2.45, 2.75) is 43.7 Å². The standard InChI is InChI=1S/C10H19NO2/c12-8-10(4-1-5-10)11-9-2-6-13-7-3-9/h9,11-12H,1-8H2. The van der Waals surface area contributed by atoms with Crippen LogP contribution in [0.2, 0.25) is 0 Å². The summed E-state index contributed by atoms with van der Waals surface area (Å²) in [5.41, 5.74) is 0.0714. The Balaban J connectivity index is 1.81. The molecule has 0 unspecified atom stereocenters. The SMILES string of the molecule is OCC1(NC2CCOCC2)CCC1. The number of ether oxygens (including phenoxy) is 1. The molecule has 3 nitrogen and oxygen atoms in total. The van der Waals surface area contributed by atoms with E-state index in [4.69, 9.17) is 4.74 Å². The van der Waals surface area contributed by atoms with Gasteiger partial charge in [-0.3, -0.25) is 0 Å². The number of aliphatic hydroxyl groups excluding tert-OH is 1. The van der Waals surface area contributed by atoms with Crippen molar-refractivity contribution in [1.82, 2.24) is 5.32 Å². The minimum absolute atomic E-state index is 0.0714. The van der Waals surface area contributed by atoms with Gasteiger partial charge in [0, 0.05) is 24.8 Å². The fourth-order valence-corrected chi connectivity index (χ4v) is 2.23. The lowest BCUT2D eigenvalue weighted by Gasteiger charge is -2.44. The third kappa shape index (κ3) is 2.03. The molecule has 1 aliphatic heterocycles. The van der Waals surface area contributed by atoms with Crippen LogP contribution in [-0.2, 0) is 4.74 Å². The molecule has 1 saturated carbocycles. The highest BCUT2D eigenvalue weighted by molar-refractivity contribution is 4.97. The largest absolute Gasteiger partial charge is 0.394 e. The van der Waals surface area contributed by atoms with Crippen molar-refractivity contribution in [2.24, 2.45) is 0 Å². The molecule has 0 bridgehead atoms. The maximum absolute atomic E-state index is 9.27. The van der Waals surface area contributed by atoms with E-state index in [-0.39, 0.29) is 5.54 Å². The zero-order chi connectivity index (χ0) is 9.15. The Morgan fingerprint density at radius 3 is 2.46 bits per heavy atom. The van der Waals surface area contributed by atoms with Crippen LogP contribution in [0, 0.1) is 0 Å². The number of nitrogens with one attached hydrogen (secondary N) is 1. The summed E-state index contributed by atoms with van der Waals surface area (Å²) in [5, 5.41) is 12.9. The number of rotatable bonds is 3. The predicted molar refractivity (Wildman–Crippen MR) is 50.6 cm³/mol. The highest BCUT2D eigenvalue weighted by Crippen LogP contribution is 2.32. The Kier molecular flexibility index (Phi) is 2.86. The van der Waals surface area contributed by atoms with Crippen LogP contribution in [0.3, 0.4) is 0 Å². The molecule has 2 aliphatic rings. The highest BCUT2D eigenvalue weighted by atomic mass is 16.5. The van der Waals surface area contributed by atoms with E-state index < -0.39 is 0 Å². The molecule has 0 radical (unpaired) electrons. The van der Waals surface area contributed by atoms with Crippen LogP contribution < -0.4 is 5.32 Å². The summed E-state index contributed by atoms with van der Waals surface area (Å²) in [6, 6.07) is 0.571. The second kappa shape index (κ2) is 3.95. The predicted octanol–water partition coefficient (Wildman–Crippen LogP) is 0.670. The summed E-state index contributed by atoms with van der Waals surface area (Å²) in [5.74, 6) is 0. The maximum Gasteiger partial charge on any atom is 0.0613 e. The third-order valence-corrected chi connectivity index (χ3v) is 3.34. The van der Waals surface area contributed by atoms with E-state index in [2.05, 4.69) is 5.32 Å². The number of hydrogen-bond acceptors (Lipinski definition) is 3. The van der Waals surface area contributed by atoms with Gasteiger partial charge in [0.2, 0.25) is 0 Å². The molecule has 76 valence electrons. The minimum atomic E-state index is 0.0714. The van der Waals surface area contributed by atoms with Gasteiger partial charge in [0.15, 0.2) is 0 Å². The molecule has 2 fully saturated rings. The van der Waals surface area contributed by atoms with Gasteiger partial charge in [-0.25, -0.2) is 0 Å². The summed E-state index contributed by atoms with van der Waals surface area (Å²) in [4.78, 5) is 0. The van der Waals surface area contributed by atoms with Crippen LogP contribution in [0.25, 0.3) is 0 Å². The fraction of sp³-hybridized carbons (Fsp3) is 1.00. The van der Waals surface area contributed by atoms with Crippen molar-refractivity contribution in [3.63, 3.8) is 0 Å². The summed E-state index contributed by atoms with van der Waals surface area (Å²) in [6.07, 6.45) is 5.74. The van der Waals surface area contributed by atoms with Crippen molar-refractivity contribution < 1.29 is 9.84 Å². The van der Waals surface area contributed by atoms with E-state index in [1.165, 1.54) is 6.42 Å². The van der Waals surface area contributed by atoms with Gasteiger partial charge in [0.25, 0.3) is 0 Å². The van der Waals surface area contributed by atoms with E-state index in [0.29, 0.717) is 12.6 Å². The molecule has 13 heavy (non-hydrogen) atoms. The lowest BCUT2D eigenvalue weighted by atomic mass is 9.76. The summed E-state index contributed by atoms with van der Waals surface area (Å²) in [6.45, 7) is 2.04. The molecule has 1 heterocycles. The van der Waals surface area contributed by atoms with Crippen LogP contribution in [0.5, 0.6) is 0 Å². The summed E-state index contributed by atoms with van der Waals surface area (Å²) >= 11 is 0. The summed E-state index contributed by atoms with van der Waals surface area (Å²) in [7, 11) is 0. The topological polar surface area (TPSA) is 41.5 Å². The molecule has 0 aromatic rings. The van der Waals surface area contributed by atoms with Gasteiger partial charge in [0.1, 0.15) is 0 Å². The van der Waals surface area contributed by atoms with Gasteiger partial charge >= 0.3 is 0 Å². The van der Waals surface area contributed by atoms with Crippen LogP contribution in [0.15, 0.2) is 0 Å². The van der Waals surface area contributed by atoms with Crippen molar-refractivity contribution in [3.8, 4) is 0 Å². The fourth-order valence-electron chi connectivity index (χ4n) is 2.23. The van der Waals surface area contributed by atoms with Crippen LogP contribution in [-0.4, -0.2) is 36.5 Å². The second-order valence-corrected chi connectivity index (χ2v) is 4.32. The second-order valence-electron chi connectivity index (χ2n) is 4.32. The Hall–Kier alpha value is -0.120. The lowest BCUT2D eigenvalue weighted by molar-refractivity contribution is 0.0331. The average molecular weight is 185 g/mol. The van der Waals surface area contributed by atoms with Gasteiger partial charge < -0.3 is 15.2 Å². The zero-order valence-corrected chi connectivity index (χ0v) is 8.09. The average Bonchev–Trinajstić information content (AvgIpc) is 2.13. The first kappa shape index (κ1) is 9.44. The van der Waals surface area contributed by atoms with Gasteiger partial charge in [-0.15, -0.1) is 0 Å². The first-order chi connectivity index (χ1) is 6.35. The summed E-state index contributed by atoms with van der Waals surface area (Å²) < 4.78 is 5.30. The van der Waals surface area contributed by atoms with Gasteiger partial charge in [-0.05, 0) is 32.1 Å². The Labute approximate surface area is 79.5 Å². The molecule has 0 aromatic heterocycles. The monoisotopic (exact) mass is 185 g/mol. The van der Waals surface area contributed by atoms with Crippen molar-refractivity contribution in [1.29, 1.82) is 0 Å². The molecule has 2 rings (SSSR count). The smallest absolute Gasteiger partial charge is 0.0613 e. The Bertz CT molecular complexity index is 157. The Morgan fingerprint density at radius 1 is 1.31 bits per heavy atom. The molecule has 3 heteroatoms. The van der Waals surface area contributed by atoms with Crippen LogP contribution >= 0.6 is 0 Å². The first-order valence-corrected chi connectivity index (χ1v) is 5.31. The molecule has 0 spiro atoms. The van der Waals surface area contributed by atoms with Crippen LogP contribution in [0.4, 0.5) is 0 Å². The third-order valence-electron chi connectivity index (χ3n) is 3.34. The van der Waals surface area contributed by atoms with Gasteiger partial charge in [0.05, 0.1) is 6.61 Å². The molecule has 0 amide bonds. The molecular weight excluding hydrogens is 166 g/mol. The van der Waals surface area contributed by atoms with E-state index >= 15 is 0 Å². The molecule has 1 aliphatic carbocycles.